The molecule has 1 aromatic carbocycles. The molecule has 2 atom stereocenters. The second-order valence-electron chi connectivity index (χ2n) is 6.32. The molecular formula is C18H23NO5. The first-order valence-corrected chi connectivity index (χ1v) is 8.53. The molecule has 1 N–H and O–H groups in total. The van der Waals surface area contributed by atoms with Gasteiger partial charge in [-0.25, -0.2) is 4.79 Å². The highest BCUT2D eigenvalue weighted by molar-refractivity contribution is 5.97. The first-order chi connectivity index (χ1) is 11.6. The first-order valence-electron chi connectivity index (χ1n) is 8.53. The Hall–Kier alpha value is -2.08. The summed E-state index contributed by atoms with van der Waals surface area (Å²) < 4.78 is 11.3. The number of aliphatic carboxylic acids is 1. The largest absolute Gasteiger partial charge is 0.491 e. The summed E-state index contributed by atoms with van der Waals surface area (Å²) in [5, 5.41) is 9.33. The number of hydrogen-bond acceptors (Lipinski definition) is 4. The molecule has 2 aliphatic heterocycles. The van der Waals surface area contributed by atoms with Crippen molar-refractivity contribution in [3.63, 3.8) is 0 Å². The number of carbonyl (C=O) groups excluding carboxylic acids is 1. The topological polar surface area (TPSA) is 76.1 Å². The van der Waals surface area contributed by atoms with Crippen LogP contribution in [0, 0.1) is 0 Å². The van der Waals surface area contributed by atoms with E-state index >= 15 is 0 Å². The van der Waals surface area contributed by atoms with Crippen LogP contribution in [0.3, 0.4) is 0 Å². The maximum Gasteiger partial charge on any atom is 0.326 e. The molecule has 0 saturated carbocycles. The average Bonchev–Trinajstić information content (AvgIpc) is 3.13. The molecular weight excluding hydrogens is 310 g/mol. The van der Waals surface area contributed by atoms with Gasteiger partial charge in [0, 0.05) is 18.7 Å². The van der Waals surface area contributed by atoms with E-state index in [2.05, 4.69) is 0 Å². The van der Waals surface area contributed by atoms with E-state index in [1.54, 1.807) is 24.3 Å². The van der Waals surface area contributed by atoms with Crippen molar-refractivity contribution in [2.45, 2.75) is 44.2 Å². The van der Waals surface area contributed by atoms with Gasteiger partial charge in [-0.05, 0) is 50.3 Å². The normalized spacial score (nSPS) is 23.9. The number of benzene rings is 1. The first kappa shape index (κ1) is 16.8. The molecule has 2 fully saturated rings. The number of ether oxygens (including phenoxy) is 2. The third kappa shape index (κ3) is 3.87. The Labute approximate surface area is 141 Å². The lowest BCUT2D eigenvalue weighted by Gasteiger charge is -2.33. The number of piperidine rings is 1. The van der Waals surface area contributed by atoms with Gasteiger partial charge in [0.25, 0.3) is 5.91 Å². The molecule has 0 radical (unpaired) electrons. The Kier molecular flexibility index (Phi) is 5.35. The quantitative estimate of drug-likeness (QED) is 0.895. The molecule has 1 aromatic rings. The molecule has 6 heteroatoms. The molecule has 2 aliphatic rings. The van der Waals surface area contributed by atoms with Crippen LogP contribution >= 0.6 is 0 Å². The summed E-state index contributed by atoms with van der Waals surface area (Å²) in [6.07, 6.45) is 4.35. The van der Waals surface area contributed by atoms with E-state index in [9.17, 15) is 14.7 Å². The van der Waals surface area contributed by atoms with Crippen LogP contribution in [0.5, 0.6) is 5.75 Å². The van der Waals surface area contributed by atoms with Gasteiger partial charge in [-0.3, -0.25) is 4.79 Å². The minimum Gasteiger partial charge on any atom is -0.491 e. The molecule has 0 spiro atoms. The van der Waals surface area contributed by atoms with Gasteiger partial charge in [-0.2, -0.15) is 0 Å². The Morgan fingerprint density at radius 2 is 2.12 bits per heavy atom. The zero-order valence-corrected chi connectivity index (χ0v) is 13.6. The van der Waals surface area contributed by atoms with Crippen LogP contribution < -0.4 is 4.74 Å². The van der Waals surface area contributed by atoms with Crippen molar-refractivity contribution in [1.82, 2.24) is 4.90 Å². The minimum atomic E-state index is -0.936. The van der Waals surface area contributed by atoms with E-state index in [4.69, 9.17) is 9.47 Å². The summed E-state index contributed by atoms with van der Waals surface area (Å²) in [5.74, 6) is -0.571. The van der Waals surface area contributed by atoms with Crippen molar-refractivity contribution in [2.24, 2.45) is 0 Å². The Morgan fingerprint density at radius 3 is 2.88 bits per heavy atom. The highest BCUT2D eigenvalue weighted by atomic mass is 16.5. The molecule has 2 unspecified atom stereocenters. The van der Waals surface area contributed by atoms with Crippen molar-refractivity contribution in [1.29, 1.82) is 0 Å². The fraction of sp³-hybridized carbons (Fsp3) is 0.556. The number of hydrogen-bond donors (Lipinski definition) is 1. The monoisotopic (exact) mass is 333 g/mol. The molecule has 2 saturated heterocycles. The van der Waals surface area contributed by atoms with Crippen molar-refractivity contribution >= 4 is 11.9 Å². The summed E-state index contributed by atoms with van der Waals surface area (Å²) in [6, 6.07) is 6.22. The number of likely N-dealkylation sites (tertiary alicyclic amines) is 1. The summed E-state index contributed by atoms with van der Waals surface area (Å²) >= 11 is 0. The zero-order valence-electron chi connectivity index (χ0n) is 13.6. The highest BCUT2D eigenvalue weighted by Gasteiger charge is 2.32. The summed E-state index contributed by atoms with van der Waals surface area (Å²) in [6.45, 7) is 1.73. The lowest BCUT2D eigenvalue weighted by molar-refractivity contribution is -0.143. The van der Waals surface area contributed by atoms with Crippen molar-refractivity contribution in [3.05, 3.63) is 29.8 Å². The van der Waals surface area contributed by atoms with Gasteiger partial charge in [0.2, 0.25) is 0 Å². The van der Waals surface area contributed by atoms with Crippen molar-refractivity contribution in [3.8, 4) is 5.75 Å². The number of carbonyl (C=O) groups is 2. The van der Waals surface area contributed by atoms with Crippen LogP contribution in [0.25, 0.3) is 0 Å². The van der Waals surface area contributed by atoms with Gasteiger partial charge >= 0.3 is 5.97 Å². The van der Waals surface area contributed by atoms with E-state index in [-0.39, 0.29) is 12.0 Å². The van der Waals surface area contributed by atoms with E-state index in [1.165, 1.54) is 4.90 Å². The second-order valence-corrected chi connectivity index (χ2v) is 6.32. The minimum absolute atomic E-state index is 0.114. The lowest BCUT2D eigenvalue weighted by Crippen LogP contribution is -2.47. The van der Waals surface area contributed by atoms with Gasteiger partial charge in [0.15, 0.2) is 0 Å². The van der Waals surface area contributed by atoms with Crippen LogP contribution in [0.15, 0.2) is 24.3 Å². The third-order valence-electron chi connectivity index (χ3n) is 4.59. The molecule has 0 bridgehead atoms. The van der Waals surface area contributed by atoms with E-state index < -0.39 is 12.0 Å². The summed E-state index contributed by atoms with van der Waals surface area (Å²) in [4.78, 5) is 25.6. The molecule has 130 valence electrons. The molecule has 0 aromatic heterocycles. The molecule has 6 nitrogen and oxygen atoms in total. The standard InChI is InChI=1S/C18H23NO5/c20-17(19-9-2-1-8-16(19)18(21)22)13-5-3-6-14(11-13)24-12-15-7-4-10-23-15/h3,5-6,11,15-16H,1-2,4,7-10,12H2,(H,21,22). The number of carboxylic acid groups (broad SMARTS) is 1. The second kappa shape index (κ2) is 7.66. The Bertz CT molecular complexity index is 597. The van der Waals surface area contributed by atoms with Gasteiger partial charge in [-0.15, -0.1) is 0 Å². The van der Waals surface area contributed by atoms with E-state index in [0.29, 0.717) is 30.9 Å². The van der Waals surface area contributed by atoms with E-state index in [0.717, 1.165) is 32.3 Å². The SMILES string of the molecule is O=C(O)C1CCCCN1C(=O)c1cccc(OCC2CCCO2)c1. The zero-order chi connectivity index (χ0) is 16.9. The summed E-state index contributed by atoms with van der Waals surface area (Å²) in [5.41, 5.74) is 0.466. The van der Waals surface area contributed by atoms with Gasteiger partial charge in [0.05, 0.1) is 6.10 Å². The van der Waals surface area contributed by atoms with Crippen LogP contribution in [0.4, 0.5) is 0 Å². The number of amides is 1. The number of rotatable bonds is 5. The third-order valence-corrected chi connectivity index (χ3v) is 4.59. The summed E-state index contributed by atoms with van der Waals surface area (Å²) in [7, 11) is 0. The Balaban J connectivity index is 1.67. The maximum atomic E-state index is 12.7. The molecule has 2 heterocycles. The highest BCUT2D eigenvalue weighted by Crippen LogP contribution is 2.22. The molecule has 24 heavy (non-hydrogen) atoms. The molecule has 3 rings (SSSR count). The Morgan fingerprint density at radius 1 is 1.25 bits per heavy atom. The molecule has 0 aliphatic carbocycles. The van der Waals surface area contributed by atoms with Crippen LogP contribution in [0.2, 0.25) is 0 Å². The molecule has 1 amide bonds. The maximum absolute atomic E-state index is 12.7. The lowest BCUT2D eigenvalue weighted by atomic mass is 10.0. The van der Waals surface area contributed by atoms with Crippen molar-refractivity contribution < 1.29 is 24.2 Å². The van der Waals surface area contributed by atoms with E-state index in [1.807, 2.05) is 0 Å². The van der Waals surface area contributed by atoms with Gasteiger partial charge in [-0.1, -0.05) is 6.07 Å². The fourth-order valence-corrected chi connectivity index (χ4v) is 3.28. The van der Waals surface area contributed by atoms with Crippen LogP contribution in [-0.4, -0.2) is 53.8 Å². The van der Waals surface area contributed by atoms with Gasteiger partial charge < -0.3 is 19.5 Å². The average molecular weight is 333 g/mol. The van der Waals surface area contributed by atoms with Crippen LogP contribution in [-0.2, 0) is 9.53 Å². The number of nitrogens with zero attached hydrogens (tertiary/aromatic N) is 1. The predicted octanol–water partition coefficient (Wildman–Crippen LogP) is 2.32. The van der Waals surface area contributed by atoms with Crippen molar-refractivity contribution in [2.75, 3.05) is 19.8 Å². The fourth-order valence-electron chi connectivity index (χ4n) is 3.28. The van der Waals surface area contributed by atoms with Crippen LogP contribution in [0.1, 0.15) is 42.5 Å². The predicted molar refractivity (Wildman–Crippen MR) is 87.2 cm³/mol. The van der Waals surface area contributed by atoms with Gasteiger partial charge in [0.1, 0.15) is 18.4 Å². The number of carboxylic acids is 1. The smallest absolute Gasteiger partial charge is 0.326 e.